The SMILES string of the molecule is NCC(=O)C1(C23CC4CC(CC(C4)C2)C3)CC1. The van der Waals surface area contributed by atoms with E-state index in [1.807, 2.05) is 0 Å². The summed E-state index contributed by atoms with van der Waals surface area (Å²) >= 11 is 0. The zero-order valence-corrected chi connectivity index (χ0v) is 10.6. The van der Waals surface area contributed by atoms with Gasteiger partial charge in [0, 0.05) is 5.41 Å². The molecular formula is C15H23NO. The van der Waals surface area contributed by atoms with Gasteiger partial charge in [-0.15, -0.1) is 0 Å². The second kappa shape index (κ2) is 3.14. The van der Waals surface area contributed by atoms with Gasteiger partial charge in [-0.25, -0.2) is 0 Å². The van der Waals surface area contributed by atoms with Crippen LogP contribution in [0.4, 0.5) is 0 Å². The van der Waals surface area contributed by atoms with E-state index < -0.39 is 0 Å². The van der Waals surface area contributed by atoms with E-state index in [1.54, 1.807) is 0 Å². The molecule has 0 aromatic heterocycles. The Morgan fingerprint density at radius 2 is 1.47 bits per heavy atom. The van der Waals surface area contributed by atoms with Crippen LogP contribution in [0.25, 0.3) is 0 Å². The van der Waals surface area contributed by atoms with Crippen molar-refractivity contribution in [2.45, 2.75) is 51.4 Å². The fourth-order valence-corrected chi connectivity index (χ4v) is 6.12. The Labute approximate surface area is 103 Å². The average molecular weight is 233 g/mol. The summed E-state index contributed by atoms with van der Waals surface area (Å²) in [5.74, 6) is 3.23. The molecule has 2 heteroatoms. The smallest absolute Gasteiger partial charge is 0.153 e. The molecule has 0 radical (unpaired) electrons. The number of carbonyl (C=O) groups is 1. The normalized spacial score (nSPS) is 49.4. The highest BCUT2D eigenvalue weighted by molar-refractivity contribution is 5.90. The molecule has 0 aromatic carbocycles. The molecule has 5 fully saturated rings. The quantitative estimate of drug-likeness (QED) is 0.814. The Balaban J connectivity index is 1.71. The third-order valence-corrected chi connectivity index (χ3v) is 6.52. The van der Waals surface area contributed by atoms with E-state index in [4.69, 9.17) is 5.73 Å². The van der Waals surface area contributed by atoms with Gasteiger partial charge in [-0.3, -0.25) is 4.79 Å². The van der Waals surface area contributed by atoms with Crippen LogP contribution in [-0.4, -0.2) is 12.3 Å². The molecule has 0 spiro atoms. The second-order valence-corrected chi connectivity index (χ2v) is 7.41. The molecular weight excluding hydrogens is 210 g/mol. The summed E-state index contributed by atoms with van der Waals surface area (Å²) < 4.78 is 0. The first-order chi connectivity index (χ1) is 8.17. The molecule has 17 heavy (non-hydrogen) atoms. The van der Waals surface area contributed by atoms with Gasteiger partial charge in [0.15, 0.2) is 5.78 Å². The lowest BCUT2D eigenvalue weighted by Crippen LogP contribution is -2.53. The summed E-state index contributed by atoms with van der Waals surface area (Å²) in [6.45, 7) is 0.280. The first kappa shape index (κ1) is 10.5. The topological polar surface area (TPSA) is 43.1 Å². The van der Waals surface area contributed by atoms with Crippen molar-refractivity contribution in [2.75, 3.05) is 6.54 Å². The maximum Gasteiger partial charge on any atom is 0.153 e. The molecule has 0 atom stereocenters. The molecule has 5 saturated carbocycles. The van der Waals surface area contributed by atoms with Gasteiger partial charge in [0.2, 0.25) is 0 Å². The molecule has 5 rings (SSSR count). The minimum absolute atomic E-state index is 0.0533. The van der Waals surface area contributed by atoms with Crippen molar-refractivity contribution in [1.82, 2.24) is 0 Å². The van der Waals surface area contributed by atoms with Crippen LogP contribution >= 0.6 is 0 Å². The maximum absolute atomic E-state index is 12.3. The van der Waals surface area contributed by atoms with Crippen LogP contribution in [0.15, 0.2) is 0 Å². The van der Waals surface area contributed by atoms with Gasteiger partial charge in [0.25, 0.3) is 0 Å². The molecule has 5 aliphatic carbocycles. The molecule has 0 aromatic rings. The van der Waals surface area contributed by atoms with Crippen molar-refractivity contribution in [2.24, 2.45) is 34.3 Å². The molecule has 0 unspecified atom stereocenters. The van der Waals surface area contributed by atoms with E-state index in [2.05, 4.69) is 0 Å². The van der Waals surface area contributed by atoms with Crippen LogP contribution in [0.5, 0.6) is 0 Å². The van der Waals surface area contributed by atoms with Gasteiger partial charge in [0.05, 0.1) is 6.54 Å². The minimum Gasteiger partial charge on any atom is -0.324 e. The lowest BCUT2D eigenvalue weighted by Gasteiger charge is -2.59. The lowest BCUT2D eigenvalue weighted by atomic mass is 9.45. The molecule has 0 heterocycles. The standard InChI is InChI=1S/C15H23NO/c16-9-13(17)15(1-2-15)14-6-10-3-11(7-14)5-12(4-10)8-14/h10-12H,1-9,16H2. The van der Waals surface area contributed by atoms with Crippen molar-refractivity contribution >= 4 is 5.78 Å². The molecule has 2 N–H and O–H groups in total. The van der Waals surface area contributed by atoms with Gasteiger partial charge in [0.1, 0.15) is 0 Å². The molecule has 2 nitrogen and oxygen atoms in total. The number of hydrogen-bond donors (Lipinski definition) is 1. The number of nitrogens with two attached hydrogens (primary N) is 1. The first-order valence-corrected chi connectivity index (χ1v) is 7.41. The monoisotopic (exact) mass is 233 g/mol. The van der Waals surface area contributed by atoms with E-state index in [-0.39, 0.29) is 12.0 Å². The highest BCUT2D eigenvalue weighted by atomic mass is 16.1. The third-order valence-electron chi connectivity index (χ3n) is 6.52. The highest BCUT2D eigenvalue weighted by Crippen LogP contribution is 2.73. The van der Waals surface area contributed by atoms with Gasteiger partial charge in [-0.05, 0) is 74.5 Å². The van der Waals surface area contributed by atoms with Crippen molar-refractivity contribution < 1.29 is 4.79 Å². The molecule has 94 valence electrons. The predicted octanol–water partition coefficient (Wildman–Crippen LogP) is 2.51. The highest BCUT2D eigenvalue weighted by Gasteiger charge is 2.67. The van der Waals surface area contributed by atoms with Crippen LogP contribution in [0.1, 0.15) is 51.4 Å². The summed E-state index contributed by atoms with van der Waals surface area (Å²) in [6, 6.07) is 0. The second-order valence-electron chi connectivity index (χ2n) is 7.41. The van der Waals surface area contributed by atoms with Crippen molar-refractivity contribution in [1.29, 1.82) is 0 Å². The fraction of sp³-hybridized carbons (Fsp3) is 0.933. The maximum atomic E-state index is 12.3. The Hall–Kier alpha value is -0.370. The predicted molar refractivity (Wildman–Crippen MR) is 66.3 cm³/mol. The molecule has 5 aliphatic rings. The molecule has 4 bridgehead atoms. The average Bonchev–Trinajstić information content (AvgIpc) is 3.07. The fourth-order valence-electron chi connectivity index (χ4n) is 6.12. The Kier molecular flexibility index (Phi) is 1.95. The summed E-state index contributed by atoms with van der Waals surface area (Å²) in [7, 11) is 0. The number of ketones is 1. The van der Waals surface area contributed by atoms with Crippen LogP contribution in [0, 0.1) is 28.6 Å². The Bertz CT molecular complexity index is 334. The van der Waals surface area contributed by atoms with E-state index in [0.717, 1.165) is 30.6 Å². The Morgan fingerprint density at radius 1 is 1.00 bits per heavy atom. The van der Waals surface area contributed by atoms with E-state index >= 15 is 0 Å². The number of Topliss-reactive ketones (excluding diaryl/α,β-unsaturated/α-hetero) is 1. The summed E-state index contributed by atoms with van der Waals surface area (Å²) in [4.78, 5) is 12.3. The number of rotatable bonds is 3. The van der Waals surface area contributed by atoms with E-state index in [0.29, 0.717) is 11.2 Å². The zero-order chi connectivity index (χ0) is 11.7. The summed E-state index contributed by atoms with van der Waals surface area (Å²) in [5, 5.41) is 0. The lowest BCUT2D eigenvalue weighted by molar-refractivity contribution is -0.142. The van der Waals surface area contributed by atoms with Gasteiger partial charge in [-0.1, -0.05) is 0 Å². The summed E-state index contributed by atoms with van der Waals surface area (Å²) in [6.07, 6.45) is 10.7. The van der Waals surface area contributed by atoms with Crippen LogP contribution in [-0.2, 0) is 4.79 Å². The largest absolute Gasteiger partial charge is 0.324 e. The number of carbonyl (C=O) groups excluding carboxylic acids is 1. The first-order valence-electron chi connectivity index (χ1n) is 7.41. The van der Waals surface area contributed by atoms with Crippen molar-refractivity contribution in [3.05, 3.63) is 0 Å². The van der Waals surface area contributed by atoms with E-state index in [9.17, 15) is 4.79 Å². The molecule has 0 amide bonds. The van der Waals surface area contributed by atoms with Gasteiger partial charge in [-0.2, -0.15) is 0 Å². The Morgan fingerprint density at radius 3 is 1.82 bits per heavy atom. The van der Waals surface area contributed by atoms with Gasteiger partial charge >= 0.3 is 0 Å². The van der Waals surface area contributed by atoms with Crippen molar-refractivity contribution in [3.8, 4) is 0 Å². The third kappa shape index (κ3) is 1.23. The molecule has 0 aliphatic heterocycles. The van der Waals surface area contributed by atoms with Gasteiger partial charge < -0.3 is 5.73 Å². The van der Waals surface area contributed by atoms with Crippen LogP contribution < -0.4 is 5.73 Å². The summed E-state index contributed by atoms with van der Waals surface area (Å²) in [5.41, 5.74) is 6.12. The van der Waals surface area contributed by atoms with Crippen LogP contribution in [0.2, 0.25) is 0 Å². The van der Waals surface area contributed by atoms with E-state index in [1.165, 1.54) is 38.5 Å². The number of hydrogen-bond acceptors (Lipinski definition) is 2. The minimum atomic E-state index is 0.0533. The zero-order valence-electron chi connectivity index (χ0n) is 10.6. The van der Waals surface area contributed by atoms with Crippen LogP contribution in [0.3, 0.4) is 0 Å². The van der Waals surface area contributed by atoms with Crippen molar-refractivity contribution in [3.63, 3.8) is 0 Å². The molecule has 0 saturated heterocycles.